The van der Waals surface area contributed by atoms with Crippen molar-refractivity contribution in [3.05, 3.63) is 34.9 Å². The number of rotatable bonds is 4. The predicted octanol–water partition coefficient (Wildman–Crippen LogP) is 3.19. The van der Waals surface area contributed by atoms with Crippen LogP contribution in [0.25, 0.3) is 0 Å². The SMILES string of the molecule is CC(=O)NCc1ccc(CI)cc1CI. The van der Waals surface area contributed by atoms with Gasteiger partial charge in [0.25, 0.3) is 0 Å². The van der Waals surface area contributed by atoms with Crippen molar-refractivity contribution < 1.29 is 4.79 Å². The first kappa shape index (κ1) is 13.2. The molecule has 0 spiro atoms. The molecule has 0 aliphatic heterocycles. The maximum Gasteiger partial charge on any atom is 0.217 e. The average molecular weight is 429 g/mol. The van der Waals surface area contributed by atoms with Gasteiger partial charge in [0.15, 0.2) is 0 Å². The smallest absolute Gasteiger partial charge is 0.217 e. The molecule has 1 aromatic carbocycles. The molecule has 0 aromatic heterocycles. The largest absolute Gasteiger partial charge is 0.352 e. The van der Waals surface area contributed by atoms with Crippen molar-refractivity contribution in [2.24, 2.45) is 0 Å². The van der Waals surface area contributed by atoms with Gasteiger partial charge in [0, 0.05) is 22.3 Å². The summed E-state index contributed by atoms with van der Waals surface area (Å²) in [4.78, 5) is 10.8. The highest BCUT2D eigenvalue weighted by Gasteiger charge is 2.03. The van der Waals surface area contributed by atoms with E-state index in [1.807, 2.05) is 0 Å². The Hall–Kier alpha value is 0.150. The lowest BCUT2D eigenvalue weighted by Crippen LogP contribution is -2.19. The topological polar surface area (TPSA) is 29.1 Å². The quantitative estimate of drug-likeness (QED) is 0.579. The molecular formula is C11H13I2NO. The standard InChI is InChI=1S/C11H13I2NO/c1-8(15)14-7-10-3-2-9(5-12)4-11(10)6-13/h2-4H,5-7H2,1H3,(H,14,15). The van der Waals surface area contributed by atoms with Crippen molar-refractivity contribution >= 4 is 51.1 Å². The minimum absolute atomic E-state index is 0.0207. The number of hydrogen-bond donors (Lipinski definition) is 1. The molecule has 0 atom stereocenters. The van der Waals surface area contributed by atoms with Crippen molar-refractivity contribution in [1.29, 1.82) is 0 Å². The van der Waals surface area contributed by atoms with Crippen LogP contribution in [0.2, 0.25) is 0 Å². The van der Waals surface area contributed by atoms with Gasteiger partial charge in [-0.25, -0.2) is 0 Å². The minimum atomic E-state index is 0.0207. The second-order valence-corrected chi connectivity index (χ2v) is 4.81. The summed E-state index contributed by atoms with van der Waals surface area (Å²) in [6.45, 7) is 2.18. The van der Waals surface area contributed by atoms with E-state index in [0.29, 0.717) is 6.54 Å². The van der Waals surface area contributed by atoms with Crippen LogP contribution in [-0.4, -0.2) is 5.91 Å². The molecule has 1 N–H and O–H groups in total. The van der Waals surface area contributed by atoms with Crippen molar-refractivity contribution in [3.8, 4) is 0 Å². The molecule has 0 radical (unpaired) electrons. The van der Waals surface area contributed by atoms with Gasteiger partial charge in [0.2, 0.25) is 5.91 Å². The van der Waals surface area contributed by atoms with Crippen molar-refractivity contribution in [2.45, 2.75) is 22.3 Å². The maximum atomic E-state index is 10.8. The van der Waals surface area contributed by atoms with Crippen molar-refractivity contribution in [3.63, 3.8) is 0 Å². The lowest BCUT2D eigenvalue weighted by Gasteiger charge is -2.09. The Morgan fingerprint density at radius 2 is 2.00 bits per heavy atom. The Balaban J connectivity index is 2.82. The summed E-state index contributed by atoms with van der Waals surface area (Å²) in [6, 6.07) is 6.45. The zero-order valence-electron chi connectivity index (χ0n) is 8.52. The van der Waals surface area contributed by atoms with Gasteiger partial charge in [0.1, 0.15) is 0 Å². The Bertz CT molecular complexity index is 352. The monoisotopic (exact) mass is 429 g/mol. The van der Waals surface area contributed by atoms with Crippen molar-refractivity contribution in [1.82, 2.24) is 5.32 Å². The molecule has 0 aliphatic rings. The number of nitrogens with one attached hydrogen (secondary N) is 1. The van der Waals surface area contributed by atoms with Crippen LogP contribution >= 0.6 is 45.2 Å². The van der Waals surface area contributed by atoms with Crippen LogP contribution in [0.3, 0.4) is 0 Å². The highest BCUT2D eigenvalue weighted by atomic mass is 127. The highest BCUT2D eigenvalue weighted by Crippen LogP contribution is 2.17. The van der Waals surface area contributed by atoms with Gasteiger partial charge in [0.05, 0.1) is 0 Å². The summed E-state index contributed by atoms with van der Waals surface area (Å²) in [5.74, 6) is 0.0207. The zero-order chi connectivity index (χ0) is 11.3. The second-order valence-electron chi connectivity index (χ2n) is 3.28. The van der Waals surface area contributed by atoms with Gasteiger partial charge in [-0.1, -0.05) is 63.4 Å². The second kappa shape index (κ2) is 6.67. The average Bonchev–Trinajstić information content (AvgIpc) is 2.25. The number of amides is 1. The van der Waals surface area contributed by atoms with E-state index in [1.165, 1.54) is 16.7 Å². The normalized spacial score (nSPS) is 10.1. The first-order chi connectivity index (χ1) is 7.17. The van der Waals surface area contributed by atoms with Crippen LogP contribution in [0, 0.1) is 0 Å². The van der Waals surface area contributed by atoms with E-state index in [1.54, 1.807) is 6.92 Å². The van der Waals surface area contributed by atoms with E-state index in [9.17, 15) is 4.79 Å². The summed E-state index contributed by atoms with van der Waals surface area (Å²) in [6.07, 6.45) is 0. The number of benzene rings is 1. The van der Waals surface area contributed by atoms with Gasteiger partial charge < -0.3 is 5.32 Å². The molecule has 82 valence electrons. The number of alkyl halides is 2. The van der Waals surface area contributed by atoms with Gasteiger partial charge in [-0.2, -0.15) is 0 Å². The summed E-state index contributed by atoms with van der Waals surface area (Å²) < 4.78 is 2.01. The molecule has 0 saturated heterocycles. The number of carbonyl (C=O) groups excluding carboxylic acids is 1. The molecule has 4 heteroatoms. The van der Waals surface area contributed by atoms with Crippen LogP contribution in [0.4, 0.5) is 0 Å². The zero-order valence-corrected chi connectivity index (χ0v) is 12.8. The molecule has 1 amide bonds. The fraction of sp³-hybridized carbons (Fsp3) is 0.364. The van der Waals surface area contributed by atoms with Crippen LogP contribution in [-0.2, 0) is 20.2 Å². The molecule has 0 heterocycles. The van der Waals surface area contributed by atoms with Crippen LogP contribution in [0.15, 0.2) is 18.2 Å². The van der Waals surface area contributed by atoms with Gasteiger partial charge in [-0.3, -0.25) is 4.79 Å². The molecule has 1 aromatic rings. The van der Waals surface area contributed by atoms with E-state index in [2.05, 4.69) is 68.7 Å². The maximum absolute atomic E-state index is 10.8. The van der Waals surface area contributed by atoms with E-state index < -0.39 is 0 Å². The van der Waals surface area contributed by atoms with E-state index in [0.717, 1.165) is 8.86 Å². The van der Waals surface area contributed by atoms with Gasteiger partial charge in [-0.15, -0.1) is 0 Å². The number of hydrogen-bond acceptors (Lipinski definition) is 1. The van der Waals surface area contributed by atoms with E-state index in [-0.39, 0.29) is 5.91 Å². The van der Waals surface area contributed by atoms with Gasteiger partial charge >= 0.3 is 0 Å². The molecule has 0 saturated carbocycles. The molecule has 2 nitrogen and oxygen atoms in total. The third-order valence-electron chi connectivity index (χ3n) is 2.10. The van der Waals surface area contributed by atoms with E-state index in [4.69, 9.17) is 0 Å². The third kappa shape index (κ3) is 4.26. The number of carbonyl (C=O) groups is 1. The summed E-state index contributed by atoms with van der Waals surface area (Å²) in [5, 5.41) is 2.83. The lowest BCUT2D eigenvalue weighted by atomic mass is 10.1. The summed E-state index contributed by atoms with van der Waals surface area (Å²) in [5.41, 5.74) is 3.88. The Labute approximate surface area is 117 Å². The highest BCUT2D eigenvalue weighted by molar-refractivity contribution is 14.1. The lowest BCUT2D eigenvalue weighted by molar-refractivity contribution is -0.119. The third-order valence-corrected chi connectivity index (χ3v) is 3.80. The van der Waals surface area contributed by atoms with Crippen LogP contribution in [0.5, 0.6) is 0 Å². The van der Waals surface area contributed by atoms with Crippen molar-refractivity contribution in [2.75, 3.05) is 0 Å². The molecule has 0 aliphatic carbocycles. The molecule has 0 fully saturated rings. The molecule has 15 heavy (non-hydrogen) atoms. The molecule has 0 bridgehead atoms. The fourth-order valence-electron chi connectivity index (χ4n) is 1.28. The Morgan fingerprint density at radius 3 is 2.53 bits per heavy atom. The van der Waals surface area contributed by atoms with Crippen LogP contribution < -0.4 is 5.32 Å². The number of halogens is 2. The first-order valence-electron chi connectivity index (χ1n) is 4.64. The predicted molar refractivity (Wildman–Crippen MR) is 79.4 cm³/mol. The minimum Gasteiger partial charge on any atom is -0.352 e. The van der Waals surface area contributed by atoms with E-state index >= 15 is 0 Å². The summed E-state index contributed by atoms with van der Waals surface area (Å²) in [7, 11) is 0. The molecule has 1 rings (SSSR count). The fourth-order valence-corrected chi connectivity index (χ4v) is 2.46. The van der Waals surface area contributed by atoms with Gasteiger partial charge in [-0.05, 0) is 16.7 Å². The first-order valence-corrected chi connectivity index (χ1v) is 7.69. The van der Waals surface area contributed by atoms with Crippen LogP contribution in [0.1, 0.15) is 23.6 Å². The summed E-state index contributed by atoms with van der Waals surface area (Å²) >= 11 is 4.71. The molecule has 0 unspecified atom stereocenters. The molecular weight excluding hydrogens is 416 g/mol. The Kier molecular flexibility index (Phi) is 5.88. The Morgan fingerprint density at radius 1 is 1.27 bits per heavy atom.